The largest absolute Gasteiger partial charge is 0.390 e. The quantitative estimate of drug-likeness (QED) is 0.657. The zero-order valence-corrected chi connectivity index (χ0v) is 10.4. The fraction of sp³-hybridized carbons (Fsp3) is 0.364. The minimum absolute atomic E-state index is 0.138. The molecule has 0 aliphatic carbocycles. The van der Waals surface area contributed by atoms with Crippen LogP contribution in [-0.2, 0) is 0 Å². The maximum absolute atomic E-state index is 12.1. The molecule has 0 radical (unpaired) electrons. The van der Waals surface area contributed by atoms with Crippen LogP contribution in [-0.4, -0.2) is 25.6 Å². The van der Waals surface area contributed by atoms with Gasteiger partial charge >= 0.3 is 6.18 Å². The molecule has 1 aromatic rings. The predicted molar refractivity (Wildman–Crippen MR) is 66.4 cm³/mol. The monoisotopic (exact) mass is 279 g/mol. The van der Waals surface area contributed by atoms with E-state index in [1.54, 1.807) is 12.1 Å². The average Bonchev–Trinajstić information content (AvgIpc) is 2.24. The van der Waals surface area contributed by atoms with Crippen molar-refractivity contribution in [2.75, 3.05) is 18.5 Å². The van der Waals surface area contributed by atoms with Crippen LogP contribution in [0.3, 0.4) is 0 Å². The number of rotatable bonds is 4. The van der Waals surface area contributed by atoms with Gasteiger partial charge in [-0.25, -0.2) is 0 Å². The second-order valence-electron chi connectivity index (χ2n) is 3.87. The van der Waals surface area contributed by atoms with Gasteiger partial charge in [0, 0.05) is 19.2 Å². The first-order valence-corrected chi connectivity index (χ1v) is 5.50. The highest BCUT2D eigenvalue weighted by Crippen LogP contribution is 2.28. The summed E-state index contributed by atoms with van der Waals surface area (Å²) >= 11 is 5.94. The first-order valence-electron chi connectivity index (χ1n) is 5.12. The molecule has 0 spiro atoms. The van der Waals surface area contributed by atoms with Crippen molar-refractivity contribution in [1.82, 2.24) is 0 Å². The molecule has 1 rings (SSSR count). The van der Waals surface area contributed by atoms with E-state index in [0.717, 1.165) is 0 Å². The lowest BCUT2D eigenvalue weighted by molar-refractivity contribution is -0.132. The van der Waals surface area contributed by atoms with Crippen LogP contribution in [0.2, 0.25) is 5.02 Å². The van der Waals surface area contributed by atoms with Crippen molar-refractivity contribution < 1.29 is 13.2 Å². The molecule has 18 heavy (non-hydrogen) atoms. The number of alkyl halides is 3. The van der Waals surface area contributed by atoms with E-state index in [4.69, 9.17) is 22.7 Å². The van der Waals surface area contributed by atoms with E-state index < -0.39 is 12.6 Å². The molecule has 0 aromatic heterocycles. The van der Waals surface area contributed by atoms with Gasteiger partial charge in [0.1, 0.15) is 5.84 Å². The third-order valence-corrected chi connectivity index (χ3v) is 2.70. The van der Waals surface area contributed by atoms with Gasteiger partial charge in [0.15, 0.2) is 0 Å². The molecule has 7 heteroatoms. The minimum atomic E-state index is -4.19. The topological polar surface area (TPSA) is 53.1 Å². The maximum Gasteiger partial charge on any atom is 0.390 e. The second kappa shape index (κ2) is 5.48. The second-order valence-corrected chi connectivity index (χ2v) is 4.27. The number of halogens is 4. The molecule has 100 valence electrons. The maximum atomic E-state index is 12.1. The number of benzene rings is 1. The Morgan fingerprint density at radius 2 is 2.06 bits per heavy atom. The SMILES string of the molecule is CN(CCC(F)(F)F)c1ccc(C(=N)N)cc1Cl. The Bertz CT molecular complexity index is 446. The third-order valence-electron chi connectivity index (χ3n) is 2.40. The molecular formula is C11H13ClF3N3. The molecule has 3 nitrogen and oxygen atoms in total. The zero-order chi connectivity index (χ0) is 13.9. The van der Waals surface area contributed by atoms with Crippen molar-refractivity contribution in [3.8, 4) is 0 Å². The highest BCUT2D eigenvalue weighted by molar-refractivity contribution is 6.33. The molecule has 0 saturated carbocycles. The van der Waals surface area contributed by atoms with E-state index in [0.29, 0.717) is 11.3 Å². The summed E-state index contributed by atoms with van der Waals surface area (Å²) in [4.78, 5) is 1.42. The standard InChI is InChI=1S/C11H13ClF3N3/c1-18(5-4-11(13,14)15)9-3-2-7(10(16)17)6-8(9)12/h2-3,6H,4-5H2,1H3,(H3,16,17). The van der Waals surface area contributed by atoms with Crippen LogP contribution >= 0.6 is 11.6 Å². The van der Waals surface area contributed by atoms with Crippen molar-refractivity contribution in [3.05, 3.63) is 28.8 Å². The Hall–Kier alpha value is -1.43. The number of amidine groups is 1. The van der Waals surface area contributed by atoms with Gasteiger partial charge < -0.3 is 10.6 Å². The van der Waals surface area contributed by atoms with Gasteiger partial charge in [0.05, 0.1) is 17.1 Å². The van der Waals surface area contributed by atoms with Crippen LogP contribution in [0, 0.1) is 5.41 Å². The highest BCUT2D eigenvalue weighted by atomic mass is 35.5. The molecule has 0 unspecified atom stereocenters. The van der Waals surface area contributed by atoms with Gasteiger partial charge in [-0.3, -0.25) is 5.41 Å². The number of hydrogen-bond donors (Lipinski definition) is 2. The average molecular weight is 280 g/mol. The van der Waals surface area contributed by atoms with Crippen LogP contribution in [0.25, 0.3) is 0 Å². The molecule has 0 bridgehead atoms. The lowest BCUT2D eigenvalue weighted by Gasteiger charge is -2.21. The number of nitrogens with zero attached hydrogens (tertiary/aromatic N) is 1. The van der Waals surface area contributed by atoms with E-state index in [1.165, 1.54) is 18.0 Å². The molecule has 3 N–H and O–H groups in total. The Kier molecular flexibility index (Phi) is 4.45. The van der Waals surface area contributed by atoms with E-state index in [-0.39, 0.29) is 17.4 Å². The molecular weight excluding hydrogens is 267 g/mol. The van der Waals surface area contributed by atoms with Crippen LogP contribution < -0.4 is 10.6 Å². The van der Waals surface area contributed by atoms with Gasteiger partial charge in [-0.05, 0) is 18.2 Å². The van der Waals surface area contributed by atoms with Crippen molar-refractivity contribution in [2.45, 2.75) is 12.6 Å². The number of nitrogens with two attached hydrogens (primary N) is 1. The summed E-state index contributed by atoms with van der Waals surface area (Å²) in [7, 11) is 1.53. The fourth-order valence-corrected chi connectivity index (χ4v) is 1.72. The lowest BCUT2D eigenvalue weighted by Crippen LogP contribution is -2.24. The van der Waals surface area contributed by atoms with Crippen LogP contribution in [0.1, 0.15) is 12.0 Å². The lowest BCUT2D eigenvalue weighted by atomic mass is 10.2. The Morgan fingerprint density at radius 1 is 1.44 bits per heavy atom. The minimum Gasteiger partial charge on any atom is -0.384 e. The Balaban J connectivity index is 2.80. The van der Waals surface area contributed by atoms with Gasteiger partial charge in [0.25, 0.3) is 0 Å². The number of nitrogen functional groups attached to an aromatic ring is 1. The summed E-state index contributed by atoms with van der Waals surface area (Å²) in [6.07, 6.45) is -5.10. The van der Waals surface area contributed by atoms with Crippen molar-refractivity contribution in [2.24, 2.45) is 5.73 Å². The summed E-state index contributed by atoms with van der Waals surface area (Å²) in [5, 5.41) is 7.50. The molecule has 0 heterocycles. The van der Waals surface area contributed by atoms with E-state index in [9.17, 15) is 13.2 Å². The molecule has 0 atom stereocenters. The first-order chi connectivity index (χ1) is 8.20. The normalized spacial score (nSPS) is 11.4. The molecule has 0 amide bonds. The van der Waals surface area contributed by atoms with Gasteiger partial charge in [-0.15, -0.1) is 0 Å². The first kappa shape index (κ1) is 14.6. The molecule has 0 aliphatic heterocycles. The van der Waals surface area contributed by atoms with E-state index in [1.807, 2.05) is 0 Å². The summed E-state index contributed by atoms with van der Waals surface area (Å²) in [5.74, 6) is -0.138. The summed E-state index contributed by atoms with van der Waals surface area (Å²) in [5.41, 5.74) is 6.20. The molecule has 0 fully saturated rings. The van der Waals surface area contributed by atoms with E-state index in [2.05, 4.69) is 0 Å². The van der Waals surface area contributed by atoms with Gasteiger partial charge in [-0.1, -0.05) is 11.6 Å². The predicted octanol–water partition coefficient (Wildman–Crippen LogP) is 3.01. The van der Waals surface area contributed by atoms with Crippen molar-refractivity contribution in [1.29, 1.82) is 5.41 Å². The van der Waals surface area contributed by atoms with Crippen LogP contribution in [0.5, 0.6) is 0 Å². The summed E-state index contributed by atoms with van der Waals surface area (Å²) in [6, 6.07) is 4.56. The van der Waals surface area contributed by atoms with Crippen molar-refractivity contribution in [3.63, 3.8) is 0 Å². The molecule has 0 aliphatic rings. The molecule has 0 saturated heterocycles. The fourth-order valence-electron chi connectivity index (χ4n) is 1.40. The van der Waals surface area contributed by atoms with Crippen molar-refractivity contribution >= 4 is 23.1 Å². The highest BCUT2D eigenvalue weighted by Gasteiger charge is 2.27. The smallest absolute Gasteiger partial charge is 0.384 e. The van der Waals surface area contributed by atoms with Crippen LogP contribution in [0.4, 0.5) is 18.9 Å². The molecule has 1 aromatic carbocycles. The van der Waals surface area contributed by atoms with Gasteiger partial charge in [0.2, 0.25) is 0 Å². The summed E-state index contributed by atoms with van der Waals surface area (Å²) in [6.45, 7) is -0.178. The zero-order valence-electron chi connectivity index (χ0n) is 9.68. The summed E-state index contributed by atoms with van der Waals surface area (Å²) < 4.78 is 36.3. The van der Waals surface area contributed by atoms with E-state index >= 15 is 0 Å². The number of anilines is 1. The number of hydrogen-bond acceptors (Lipinski definition) is 2. The number of nitrogens with one attached hydrogen (secondary N) is 1. The Morgan fingerprint density at radius 3 is 2.50 bits per heavy atom. The third kappa shape index (κ3) is 4.10. The Labute approximate surface area is 108 Å². The van der Waals surface area contributed by atoms with Crippen LogP contribution in [0.15, 0.2) is 18.2 Å². The van der Waals surface area contributed by atoms with Gasteiger partial charge in [-0.2, -0.15) is 13.2 Å².